The van der Waals surface area contributed by atoms with E-state index >= 15 is 0 Å². The lowest BCUT2D eigenvalue weighted by atomic mass is 9.99. The Morgan fingerprint density at radius 3 is 2.62 bits per heavy atom. The molecule has 3 N–H and O–H groups in total. The van der Waals surface area contributed by atoms with E-state index in [9.17, 15) is 9.59 Å². The number of rotatable bonds is 4. The predicted octanol–water partition coefficient (Wildman–Crippen LogP) is 1.21. The zero-order valence-corrected chi connectivity index (χ0v) is 12.6. The normalized spacial score (nSPS) is 22.0. The molecule has 1 aliphatic rings. The largest absolute Gasteiger partial charge is 0.291 e. The average Bonchev–Trinajstić information content (AvgIpc) is 2.77. The molecule has 0 spiro atoms. The first-order chi connectivity index (χ1) is 9.97. The topological polar surface area (TPSA) is 82.6 Å². The second kappa shape index (κ2) is 6.69. The highest BCUT2D eigenvalue weighted by molar-refractivity contribution is 6.30. The smallest absolute Gasteiger partial charge is 0.240 e. The van der Waals surface area contributed by atoms with Gasteiger partial charge in [-0.25, -0.2) is 10.9 Å². The van der Waals surface area contributed by atoms with Crippen LogP contribution in [0.1, 0.15) is 25.8 Å². The van der Waals surface area contributed by atoms with Gasteiger partial charge in [-0.1, -0.05) is 23.7 Å². The lowest BCUT2D eigenvalue weighted by Crippen LogP contribution is -2.30. The van der Waals surface area contributed by atoms with Gasteiger partial charge in [0.15, 0.2) is 0 Å². The fraction of sp³-hybridized carbons (Fsp3) is 0.357. The number of nitrogens with zero attached hydrogens (tertiary/aromatic N) is 1. The quantitative estimate of drug-likeness (QED) is 0.577. The molecule has 6 nitrogen and oxygen atoms in total. The van der Waals surface area contributed by atoms with Crippen LogP contribution in [0.2, 0.25) is 5.02 Å². The Morgan fingerprint density at radius 2 is 2.05 bits per heavy atom. The van der Waals surface area contributed by atoms with Gasteiger partial charge in [-0.15, -0.1) is 0 Å². The van der Waals surface area contributed by atoms with Crippen molar-refractivity contribution in [2.24, 2.45) is 11.0 Å². The second-order valence-corrected chi connectivity index (χ2v) is 5.41. The Balaban J connectivity index is 1.92. The Labute approximate surface area is 127 Å². The molecule has 7 heteroatoms. The fourth-order valence-electron chi connectivity index (χ4n) is 2.02. The number of carbonyl (C=O) groups excluding carboxylic acids is 2. The van der Waals surface area contributed by atoms with E-state index in [2.05, 4.69) is 21.4 Å². The van der Waals surface area contributed by atoms with Crippen molar-refractivity contribution in [3.8, 4) is 0 Å². The molecule has 1 heterocycles. The molecule has 2 rings (SSSR count). The minimum atomic E-state index is -0.379. The van der Waals surface area contributed by atoms with Crippen LogP contribution in [0.25, 0.3) is 0 Å². The number of hydrazone groups is 1. The van der Waals surface area contributed by atoms with Crippen LogP contribution in [0.4, 0.5) is 0 Å². The molecule has 0 aromatic heterocycles. The lowest BCUT2D eigenvalue weighted by molar-refractivity contribution is -0.128. The first-order valence-corrected chi connectivity index (χ1v) is 6.99. The predicted molar refractivity (Wildman–Crippen MR) is 80.7 cm³/mol. The van der Waals surface area contributed by atoms with Gasteiger partial charge in [-0.2, -0.15) is 5.10 Å². The van der Waals surface area contributed by atoms with Crippen LogP contribution in [0.15, 0.2) is 29.4 Å². The van der Waals surface area contributed by atoms with Crippen molar-refractivity contribution in [3.63, 3.8) is 0 Å². The summed E-state index contributed by atoms with van der Waals surface area (Å²) in [5.41, 5.74) is 9.31. The zero-order valence-electron chi connectivity index (χ0n) is 11.8. The van der Waals surface area contributed by atoms with Crippen LogP contribution in [-0.4, -0.2) is 23.6 Å². The first-order valence-electron chi connectivity index (χ1n) is 6.62. The third kappa shape index (κ3) is 4.03. The van der Waals surface area contributed by atoms with E-state index in [4.69, 9.17) is 11.6 Å². The van der Waals surface area contributed by atoms with E-state index in [1.54, 1.807) is 19.1 Å². The fourth-order valence-corrected chi connectivity index (χ4v) is 2.15. The summed E-state index contributed by atoms with van der Waals surface area (Å²) in [7, 11) is 0. The van der Waals surface area contributed by atoms with Crippen LogP contribution < -0.4 is 16.3 Å². The summed E-state index contributed by atoms with van der Waals surface area (Å²) < 4.78 is 0. The molecule has 1 saturated heterocycles. The minimum absolute atomic E-state index is 0.0791. The molecule has 1 fully saturated rings. The molecule has 1 aromatic carbocycles. The van der Waals surface area contributed by atoms with Gasteiger partial charge in [0.1, 0.15) is 0 Å². The number of carbonyl (C=O) groups is 2. The molecular formula is C14H17ClN4O2. The van der Waals surface area contributed by atoms with Gasteiger partial charge < -0.3 is 0 Å². The lowest BCUT2D eigenvalue weighted by Gasteiger charge is -2.10. The van der Waals surface area contributed by atoms with Crippen molar-refractivity contribution in [3.05, 3.63) is 34.9 Å². The maximum absolute atomic E-state index is 11.8. The van der Waals surface area contributed by atoms with E-state index in [-0.39, 0.29) is 30.2 Å². The highest BCUT2D eigenvalue weighted by Gasteiger charge is 2.32. The van der Waals surface area contributed by atoms with Gasteiger partial charge in [-0.05, 0) is 31.5 Å². The van der Waals surface area contributed by atoms with Crippen LogP contribution >= 0.6 is 11.6 Å². The van der Waals surface area contributed by atoms with Crippen molar-refractivity contribution in [2.45, 2.75) is 26.3 Å². The summed E-state index contributed by atoms with van der Waals surface area (Å²) in [6, 6.07) is 7.08. The Kier molecular flexibility index (Phi) is 4.93. The van der Waals surface area contributed by atoms with Gasteiger partial charge in [0.25, 0.3) is 0 Å². The number of halogens is 1. The van der Waals surface area contributed by atoms with Crippen LogP contribution in [0, 0.1) is 5.92 Å². The van der Waals surface area contributed by atoms with Gasteiger partial charge in [0, 0.05) is 17.5 Å². The number of hydrogen-bond donors (Lipinski definition) is 3. The molecule has 0 saturated carbocycles. The molecule has 2 unspecified atom stereocenters. The highest BCUT2D eigenvalue weighted by atomic mass is 35.5. The van der Waals surface area contributed by atoms with E-state index in [1.165, 1.54) is 0 Å². The Hall–Kier alpha value is -1.92. The molecule has 2 amide bonds. The van der Waals surface area contributed by atoms with Crippen LogP contribution in [-0.2, 0) is 9.59 Å². The molecule has 1 aliphatic heterocycles. The van der Waals surface area contributed by atoms with E-state index < -0.39 is 0 Å². The van der Waals surface area contributed by atoms with Crippen LogP contribution in [0.5, 0.6) is 0 Å². The molecule has 0 radical (unpaired) electrons. The van der Waals surface area contributed by atoms with Crippen molar-refractivity contribution >= 4 is 29.1 Å². The zero-order chi connectivity index (χ0) is 15.4. The standard InChI is InChI=1S/C14H17ClN4O2/c1-8(10-3-5-11(15)6-4-10)16-18-13(20)7-12-9(2)17-19-14(12)21/h3-6,9,12,17H,7H2,1-2H3,(H,18,20)(H,19,21)/b16-8+. The molecular weight excluding hydrogens is 292 g/mol. The Morgan fingerprint density at radius 1 is 1.38 bits per heavy atom. The molecule has 0 aliphatic carbocycles. The molecule has 112 valence electrons. The maximum Gasteiger partial charge on any atom is 0.240 e. The minimum Gasteiger partial charge on any atom is -0.291 e. The summed E-state index contributed by atoms with van der Waals surface area (Å²) in [6.45, 7) is 3.63. The SMILES string of the molecule is C/C(=N\NC(=O)CC1C(=O)NNC1C)c1ccc(Cl)cc1. The number of hydrazine groups is 1. The van der Waals surface area contributed by atoms with Gasteiger partial charge in [0.05, 0.1) is 11.6 Å². The maximum atomic E-state index is 11.8. The third-order valence-electron chi connectivity index (χ3n) is 3.38. The van der Waals surface area contributed by atoms with Crippen molar-refractivity contribution < 1.29 is 9.59 Å². The first kappa shape index (κ1) is 15.5. The monoisotopic (exact) mass is 308 g/mol. The van der Waals surface area contributed by atoms with Crippen molar-refractivity contribution in [2.75, 3.05) is 0 Å². The highest BCUT2D eigenvalue weighted by Crippen LogP contribution is 2.13. The molecule has 0 bridgehead atoms. The van der Waals surface area contributed by atoms with Gasteiger partial charge in [0.2, 0.25) is 11.8 Å². The second-order valence-electron chi connectivity index (χ2n) is 4.97. The molecule has 21 heavy (non-hydrogen) atoms. The van der Waals surface area contributed by atoms with E-state index in [1.807, 2.05) is 19.1 Å². The van der Waals surface area contributed by atoms with Crippen molar-refractivity contribution in [1.82, 2.24) is 16.3 Å². The summed E-state index contributed by atoms with van der Waals surface area (Å²) in [5.74, 6) is -0.842. The van der Waals surface area contributed by atoms with Gasteiger partial charge in [-0.3, -0.25) is 15.0 Å². The average molecular weight is 309 g/mol. The van der Waals surface area contributed by atoms with E-state index in [0.29, 0.717) is 10.7 Å². The summed E-state index contributed by atoms with van der Waals surface area (Å²) in [6.07, 6.45) is 0.0946. The Bertz CT molecular complexity index is 571. The molecule has 2 atom stereocenters. The number of amides is 2. The van der Waals surface area contributed by atoms with Crippen LogP contribution in [0.3, 0.4) is 0 Å². The van der Waals surface area contributed by atoms with Gasteiger partial charge >= 0.3 is 0 Å². The number of benzene rings is 1. The summed E-state index contributed by atoms with van der Waals surface area (Å²) in [4.78, 5) is 23.3. The van der Waals surface area contributed by atoms with E-state index in [0.717, 1.165) is 5.56 Å². The third-order valence-corrected chi connectivity index (χ3v) is 3.63. The molecule has 1 aromatic rings. The summed E-state index contributed by atoms with van der Waals surface area (Å²) in [5, 5.41) is 4.68. The number of hydrogen-bond acceptors (Lipinski definition) is 4. The number of nitrogens with one attached hydrogen (secondary N) is 3. The van der Waals surface area contributed by atoms with Crippen molar-refractivity contribution in [1.29, 1.82) is 0 Å². The summed E-state index contributed by atoms with van der Waals surface area (Å²) >= 11 is 5.81.